The first-order valence-electron chi connectivity index (χ1n) is 18.5. The number of hydrogen-bond acceptors (Lipinski definition) is 11. The number of ketones is 1. The molecule has 1 heterocycles. The van der Waals surface area contributed by atoms with Crippen LogP contribution in [0.25, 0.3) is 11.5 Å². The lowest BCUT2D eigenvalue weighted by Gasteiger charge is -2.25. The minimum absolute atomic E-state index is 0.0157. The van der Waals surface area contributed by atoms with E-state index in [-0.39, 0.29) is 42.8 Å². The van der Waals surface area contributed by atoms with Crippen LogP contribution in [-0.2, 0) is 33.1 Å². The zero-order valence-corrected chi connectivity index (χ0v) is 34.7. The van der Waals surface area contributed by atoms with Crippen LogP contribution >= 0.6 is 0 Å². The molecule has 5 aromatic rings. The Morgan fingerprint density at radius 1 is 0.655 bits per heavy atom. The van der Waals surface area contributed by atoms with Crippen molar-refractivity contribution < 1.29 is 34.8 Å². The second-order valence-electron chi connectivity index (χ2n) is 13.9. The minimum Gasteiger partial charge on any atom is -0.415 e. The number of alkyl halides is 2. The number of para-hydroxylation sites is 2. The largest absolute Gasteiger partial charge is 0.415 e. The maximum Gasteiger partial charge on any atom is 0.314 e. The molecule has 0 aliphatic carbocycles. The van der Waals surface area contributed by atoms with E-state index in [2.05, 4.69) is 10.2 Å². The molecule has 0 unspecified atom stereocenters. The second kappa shape index (κ2) is 21.6. The summed E-state index contributed by atoms with van der Waals surface area (Å²) in [5.41, 5.74) is 9.14. The Bertz CT molecular complexity index is 2230. The van der Waals surface area contributed by atoms with E-state index in [1.54, 1.807) is 84.9 Å². The van der Waals surface area contributed by atoms with Gasteiger partial charge in [-0.1, -0.05) is 72.8 Å². The summed E-state index contributed by atoms with van der Waals surface area (Å²) in [6.45, 7) is 1.68. The molecule has 1 aromatic heterocycles. The number of hydrogen-bond donors (Lipinski definition) is 1. The molecular weight excluding hydrogens is 789 g/mol. The fraction of sp³-hybridized carbons (Fsp3) is 0.341. The van der Waals surface area contributed by atoms with Gasteiger partial charge < -0.3 is 20.0 Å². The van der Waals surface area contributed by atoms with Gasteiger partial charge in [-0.25, -0.2) is 16.8 Å². The van der Waals surface area contributed by atoms with Gasteiger partial charge in [0.25, 0.3) is 5.89 Å². The van der Waals surface area contributed by atoms with Crippen LogP contribution in [0.15, 0.2) is 114 Å². The summed E-state index contributed by atoms with van der Waals surface area (Å²) in [4.78, 5) is 15.6. The molecule has 0 saturated heterocycles. The summed E-state index contributed by atoms with van der Waals surface area (Å²) in [6, 6.07) is 31.6. The highest BCUT2D eigenvalue weighted by molar-refractivity contribution is 7.93. The minimum atomic E-state index is -3.56. The summed E-state index contributed by atoms with van der Waals surface area (Å²) in [5, 5.41) is 6.94. The number of anilines is 2. The van der Waals surface area contributed by atoms with Crippen LogP contribution in [-0.4, -0.2) is 102 Å². The molecule has 0 aliphatic rings. The monoisotopic (exact) mass is 839 g/mol. The molecule has 17 heteroatoms. The number of benzene rings is 4. The summed E-state index contributed by atoms with van der Waals surface area (Å²) in [5.74, 6) is -0.797. The number of aromatic nitrogens is 2. The second-order valence-corrected chi connectivity index (χ2v) is 17.9. The molecule has 0 amide bonds. The molecule has 0 atom stereocenters. The van der Waals surface area contributed by atoms with Gasteiger partial charge in [-0.05, 0) is 102 Å². The van der Waals surface area contributed by atoms with Crippen LogP contribution in [0.4, 0.5) is 20.2 Å². The third kappa shape index (κ3) is 13.8. The van der Waals surface area contributed by atoms with Crippen LogP contribution in [0.2, 0.25) is 0 Å². The van der Waals surface area contributed by atoms with Crippen LogP contribution in [0, 0.1) is 0 Å². The lowest BCUT2D eigenvalue weighted by molar-refractivity contribution is 0.100. The van der Waals surface area contributed by atoms with Gasteiger partial charge in [-0.3, -0.25) is 13.4 Å². The molecule has 4 aromatic carbocycles. The number of Topliss-reactive ketones (excluding diaryl/α,β-unsaturated/α-hetero) is 1. The normalized spacial score (nSPS) is 11.8. The smallest absolute Gasteiger partial charge is 0.314 e. The van der Waals surface area contributed by atoms with Gasteiger partial charge in [0, 0.05) is 11.1 Å². The lowest BCUT2D eigenvalue weighted by atomic mass is 10.1. The number of sulfonamides is 2. The van der Waals surface area contributed by atoms with E-state index >= 15 is 0 Å². The standard InChI is InChI=1S/C21H24F2N4O3S.C20H27N3O3S/c1-26(2)13-6-14-31(28,29)27(18-7-4-3-5-8-18)15-16-9-11-17(12-10-16)20-24-25-21(30-20)19(22)23;1-22(2)13-6-14-27(25,26)23(19-7-4-3-5-8-19)16-17-9-11-18(12-10-17)20(24)15-21/h3-5,7-12,19H,6,13-15H2,1-2H3;3-5,7-12H,6,13-16,21H2,1-2H3. The highest BCUT2D eigenvalue weighted by Crippen LogP contribution is 2.26. The number of nitrogens with zero attached hydrogens (tertiary/aromatic N) is 6. The van der Waals surface area contributed by atoms with Crippen molar-refractivity contribution in [1.29, 1.82) is 0 Å². The summed E-state index contributed by atoms with van der Waals surface area (Å²) < 4.78 is 85.2. The summed E-state index contributed by atoms with van der Waals surface area (Å²) in [6.07, 6.45) is -1.76. The maximum absolute atomic E-state index is 13.1. The number of carbonyl (C=O) groups excluding carboxylic acids is 1. The quantitative estimate of drug-likeness (QED) is 0.0905. The SMILES string of the molecule is CN(C)CCCS(=O)(=O)N(Cc1ccc(-c2nnc(C(F)F)o2)cc1)c1ccccc1.CN(C)CCCS(=O)(=O)N(Cc1ccc(C(=O)CN)cc1)c1ccccc1. The first-order chi connectivity index (χ1) is 27.6. The fourth-order valence-corrected chi connectivity index (χ4v) is 8.68. The Kier molecular flexibility index (Phi) is 17.0. The third-order valence-electron chi connectivity index (χ3n) is 8.72. The van der Waals surface area contributed by atoms with Crippen molar-refractivity contribution in [2.45, 2.75) is 32.4 Å². The van der Waals surface area contributed by atoms with Gasteiger partial charge in [-0.2, -0.15) is 8.78 Å². The van der Waals surface area contributed by atoms with Gasteiger partial charge in [0.1, 0.15) is 0 Å². The van der Waals surface area contributed by atoms with E-state index in [0.717, 1.165) is 11.1 Å². The predicted molar refractivity (Wildman–Crippen MR) is 224 cm³/mol. The molecule has 312 valence electrons. The molecule has 0 aliphatic heterocycles. The molecule has 2 N–H and O–H groups in total. The fourth-order valence-electron chi connectivity index (χ4n) is 5.67. The van der Waals surface area contributed by atoms with Crippen molar-refractivity contribution in [2.24, 2.45) is 5.73 Å². The van der Waals surface area contributed by atoms with Gasteiger partial charge >= 0.3 is 6.43 Å². The summed E-state index contributed by atoms with van der Waals surface area (Å²) in [7, 11) is 0.608. The molecule has 0 bridgehead atoms. The number of halogens is 2. The Hall–Kier alpha value is -5.07. The van der Waals surface area contributed by atoms with Crippen molar-refractivity contribution >= 4 is 37.2 Å². The van der Waals surface area contributed by atoms with Gasteiger partial charge in [-0.15, -0.1) is 10.2 Å². The predicted octanol–water partition coefficient (Wildman–Crippen LogP) is 6.08. The maximum atomic E-state index is 13.1. The molecule has 0 saturated carbocycles. The van der Waals surface area contributed by atoms with E-state index < -0.39 is 32.4 Å². The Morgan fingerprint density at radius 3 is 1.47 bits per heavy atom. The van der Waals surface area contributed by atoms with Gasteiger partial charge in [0.15, 0.2) is 5.78 Å². The number of rotatable bonds is 20. The van der Waals surface area contributed by atoms with Crippen molar-refractivity contribution in [3.05, 3.63) is 132 Å². The van der Waals surface area contributed by atoms with Crippen molar-refractivity contribution in [2.75, 3.05) is 67.9 Å². The molecule has 13 nitrogen and oxygen atoms in total. The van der Waals surface area contributed by atoms with E-state index in [4.69, 9.17) is 10.2 Å². The Morgan fingerprint density at radius 2 is 1.09 bits per heavy atom. The number of nitrogens with two attached hydrogens (primary N) is 1. The van der Waals surface area contributed by atoms with Crippen LogP contribution in [0.3, 0.4) is 0 Å². The molecular formula is C41H51F2N7O6S2. The first-order valence-corrected chi connectivity index (χ1v) is 21.7. The highest BCUT2D eigenvalue weighted by atomic mass is 32.2. The van der Waals surface area contributed by atoms with Gasteiger partial charge in [0.2, 0.25) is 25.9 Å². The molecule has 0 fully saturated rings. The number of carbonyl (C=O) groups is 1. The molecule has 0 radical (unpaired) electrons. The third-order valence-corrected chi connectivity index (χ3v) is 12.3. The first kappa shape index (κ1) is 45.6. The lowest BCUT2D eigenvalue weighted by Crippen LogP contribution is -2.33. The molecule has 58 heavy (non-hydrogen) atoms. The van der Waals surface area contributed by atoms with E-state index in [9.17, 15) is 30.4 Å². The molecule has 5 rings (SSSR count). The average molecular weight is 840 g/mol. The zero-order valence-electron chi connectivity index (χ0n) is 33.1. The zero-order chi connectivity index (χ0) is 42.3. The summed E-state index contributed by atoms with van der Waals surface area (Å²) >= 11 is 0. The van der Waals surface area contributed by atoms with Crippen molar-refractivity contribution in [3.8, 4) is 11.5 Å². The van der Waals surface area contributed by atoms with Crippen molar-refractivity contribution in [3.63, 3.8) is 0 Å². The van der Waals surface area contributed by atoms with Crippen LogP contribution < -0.4 is 14.3 Å². The van der Waals surface area contributed by atoms with Crippen LogP contribution in [0.1, 0.15) is 46.6 Å². The average Bonchev–Trinajstić information content (AvgIpc) is 3.71. The topological polar surface area (TPSA) is 163 Å². The Balaban J connectivity index is 0.000000259. The molecule has 0 spiro atoms. The van der Waals surface area contributed by atoms with Crippen LogP contribution in [0.5, 0.6) is 0 Å². The van der Waals surface area contributed by atoms with E-state index in [1.165, 1.54) is 8.61 Å². The van der Waals surface area contributed by atoms with Crippen molar-refractivity contribution in [1.82, 2.24) is 20.0 Å². The van der Waals surface area contributed by atoms with E-state index in [1.807, 2.05) is 62.3 Å². The highest BCUT2D eigenvalue weighted by Gasteiger charge is 2.24. The Labute approximate surface area is 340 Å². The van der Waals surface area contributed by atoms with Gasteiger partial charge in [0.05, 0.1) is 42.5 Å². The van der Waals surface area contributed by atoms with E-state index in [0.29, 0.717) is 48.4 Å².